The SMILES string of the molecule is COc1ccc(CCN(/C=C\[S@@](=O)c2ccccc2[N+](=O)[O-])c2cccc(OC)c2OC)cc1OC. The molecular weight excluding hydrogens is 484 g/mol. The van der Waals surface area contributed by atoms with E-state index in [0.717, 1.165) is 5.56 Å². The molecule has 0 aliphatic rings. The van der Waals surface area contributed by atoms with Gasteiger partial charge in [0.25, 0.3) is 5.69 Å². The van der Waals surface area contributed by atoms with Crippen LogP contribution in [-0.2, 0) is 17.2 Å². The summed E-state index contributed by atoms with van der Waals surface area (Å²) in [6.45, 7) is 0.476. The molecule has 0 aliphatic heterocycles. The molecule has 0 saturated heterocycles. The molecule has 3 rings (SSSR count). The van der Waals surface area contributed by atoms with Crippen LogP contribution in [0, 0.1) is 10.1 Å². The Morgan fingerprint density at radius 1 is 0.889 bits per heavy atom. The highest BCUT2D eigenvalue weighted by Crippen LogP contribution is 2.38. The highest BCUT2D eigenvalue weighted by molar-refractivity contribution is 7.88. The van der Waals surface area contributed by atoms with Crippen molar-refractivity contribution in [3.8, 4) is 23.0 Å². The zero-order valence-electron chi connectivity index (χ0n) is 20.5. The molecule has 10 heteroatoms. The Labute approximate surface area is 212 Å². The Balaban J connectivity index is 1.96. The fourth-order valence-electron chi connectivity index (χ4n) is 3.64. The van der Waals surface area contributed by atoms with E-state index in [1.807, 2.05) is 35.2 Å². The van der Waals surface area contributed by atoms with E-state index in [1.54, 1.807) is 52.8 Å². The average Bonchev–Trinajstić information content (AvgIpc) is 2.92. The minimum absolute atomic E-state index is 0.121. The number of rotatable bonds is 12. The molecule has 3 aromatic rings. The number of hydrogen-bond donors (Lipinski definition) is 0. The molecule has 0 saturated carbocycles. The molecule has 0 radical (unpaired) electrons. The molecule has 0 heterocycles. The first-order chi connectivity index (χ1) is 17.4. The van der Waals surface area contributed by atoms with E-state index in [0.29, 0.717) is 41.7 Å². The van der Waals surface area contributed by atoms with Crippen molar-refractivity contribution < 1.29 is 28.1 Å². The number of para-hydroxylation sites is 2. The van der Waals surface area contributed by atoms with Crippen molar-refractivity contribution in [3.63, 3.8) is 0 Å². The molecule has 0 fully saturated rings. The number of hydrogen-bond acceptors (Lipinski definition) is 8. The lowest BCUT2D eigenvalue weighted by atomic mass is 10.1. The van der Waals surface area contributed by atoms with Gasteiger partial charge in [-0.05, 0) is 42.3 Å². The molecule has 0 aliphatic carbocycles. The fourth-order valence-corrected chi connectivity index (χ4v) is 4.60. The van der Waals surface area contributed by atoms with Gasteiger partial charge in [-0.1, -0.05) is 24.3 Å². The molecule has 0 unspecified atom stereocenters. The molecule has 3 aromatic carbocycles. The summed E-state index contributed by atoms with van der Waals surface area (Å²) in [7, 11) is 4.50. The Hall–Kier alpha value is -4.05. The van der Waals surface area contributed by atoms with E-state index in [-0.39, 0.29) is 10.6 Å². The highest BCUT2D eigenvalue weighted by Gasteiger charge is 2.18. The summed E-state index contributed by atoms with van der Waals surface area (Å²) in [5.74, 6) is 2.30. The van der Waals surface area contributed by atoms with Crippen LogP contribution in [0.3, 0.4) is 0 Å². The smallest absolute Gasteiger partial charge is 0.285 e. The number of nitro groups is 1. The Morgan fingerprint density at radius 3 is 2.28 bits per heavy atom. The van der Waals surface area contributed by atoms with Crippen LogP contribution in [0.2, 0.25) is 0 Å². The van der Waals surface area contributed by atoms with Crippen molar-refractivity contribution in [2.45, 2.75) is 11.3 Å². The van der Waals surface area contributed by atoms with Gasteiger partial charge in [-0.25, -0.2) is 4.21 Å². The van der Waals surface area contributed by atoms with E-state index in [2.05, 4.69) is 0 Å². The quantitative estimate of drug-likeness (QED) is 0.248. The van der Waals surface area contributed by atoms with Gasteiger partial charge in [0.2, 0.25) is 0 Å². The first-order valence-electron chi connectivity index (χ1n) is 10.9. The normalized spacial score (nSPS) is 11.7. The lowest BCUT2D eigenvalue weighted by Crippen LogP contribution is -2.20. The molecule has 0 N–H and O–H groups in total. The van der Waals surface area contributed by atoms with Crippen molar-refractivity contribution in [2.24, 2.45) is 0 Å². The monoisotopic (exact) mass is 512 g/mol. The average molecular weight is 513 g/mol. The van der Waals surface area contributed by atoms with Gasteiger partial charge in [-0.15, -0.1) is 0 Å². The van der Waals surface area contributed by atoms with Gasteiger partial charge in [0.1, 0.15) is 4.90 Å². The predicted molar refractivity (Wildman–Crippen MR) is 139 cm³/mol. The van der Waals surface area contributed by atoms with Crippen LogP contribution < -0.4 is 23.8 Å². The zero-order chi connectivity index (χ0) is 26.1. The fraction of sp³-hybridized carbons (Fsp3) is 0.231. The van der Waals surface area contributed by atoms with Gasteiger partial charge in [0.05, 0.1) is 49.8 Å². The van der Waals surface area contributed by atoms with Crippen LogP contribution in [0.5, 0.6) is 23.0 Å². The van der Waals surface area contributed by atoms with E-state index >= 15 is 0 Å². The zero-order valence-corrected chi connectivity index (χ0v) is 21.3. The molecule has 0 amide bonds. The maximum atomic E-state index is 13.0. The van der Waals surface area contributed by atoms with Gasteiger partial charge in [0.15, 0.2) is 23.0 Å². The molecule has 1 atom stereocenters. The summed E-state index contributed by atoms with van der Waals surface area (Å²) in [5, 5.41) is 12.8. The number of benzene rings is 3. The largest absolute Gasteiger partial charge is 0.493 e. The second kappa shape index (κ2) is 12.6. The lowest BCUT2D eigenvalue weighted by Gasteiger charge is -2.24. The van der Waals surface area contributed by atoms with Crippen LogP contribution in [0.1, 0.15) is 5.56 Å². The van der Waals surface area contributed by atoms with E-state index < -0.39 is 15.7 Å². The number of nitro benzene ring substituents is 1. The molecule has 0 spiro atoms. The number of anilines is 1. The van der Waals surface area contributed by atoms with Crippen molar-refractivity contribution in [3.05, 3.63) is 87.9 Å². The first kappa shape index (κ1) is 26.6. The maximum absolute atomic E-state index is 13.0. The van der Waals surface area contributed by atoms with Gasteiger partial charge in [-0.2, -0.15) is 0 Å². The molecule has 190 valence electrons. The van der Waals surface area contributed by atoms with Gasteiger partial charge < -0.3 is 23.8 Å². The Kier molecular flexibility index (Phi) is 9.29. The van der Waals surface area contributed by atoms with Crippen molar-refractivity contribution in [1.29, 1.82) is 0 Å². The van der Waals surface area contributed by atoms with Crippen LogP contribution in [0.25, 0.3) is 0 Å². The maximum Gasteiger partial charge on any atom is 0.285 e. The van der Waals surface area contributed by atoms with Crippen LogP contribution in [0.15, 0.2) is 77.2 Å². The lowest BCUT2D eigenvalue weighted by molar-refractivity contribution is -0.387. The summed E-state index contributed by atoms with van der Waals surface area (Å²) in [4.78, 5) is 12.8. The van der Waals surface area contributed by atoms with E-state index in [9.17, 15) is 14.3 Å². The topological polar surface area (TPSA) is 100 Å². The number of nitrogens with zero attached hydrogens (tertiary/aromatic N) is 2. The number of methoxy groups -OCH3 is 4. The summed E-state index contributed by atoms with van der Waals surface area (Å²) in [6, 6.07) is 17.1. The summed E-state index contributed by atoms with van der Waals surface area (Å²) in [6.07, 6.45) is 2.24. The standard InChI is InChI=1S/C26H28N2O7S/c1-32-22-13-12-19(18-24(22)34-3)14-15-27(21-9-7-10-23(33-2)26(21)35-4)16-17-36(31)25-11-6-5-8-20(25)28(29)30/h5-13,16-18H,14-15H2,1-4H3/b17-16-/t36-/m1/s1. The summed E-state index contributed by atoms with van der Waals surface area (Å²) >= 11 is 0. The van der Waals surface area contributed by atoms with E-state index in [1.165, 1.54) is 17.5 Å². The first-order valence-corrected chi connectivity index (χ1v) is 12.2. The van der Waals surface area contributed by atoms with Gasteiger partial charge >= 0.3 is 0 Å². The van der Waals surface area contributed by atoms with Crippen molar-refractivity contribution in [1.82, 2.24) is 0 Å². The van der Waals surface area contributed by atoms with Crippen LogP contribution >= 0.6 is 0 Å². The van der Waals surface area contributed by atoms with E-state index in [4.69, 9.17) is 18.9 Å². The second-order valence-electron chi connectivity index (χ2n) is 7.45. The minimum atomic E-state index is -1.76. The Morgan fingerprint density at radius 2 is 1.61 bits per heavy atom. The highest BCUT2D eigenvalue weighted by atomic mass is 32.2. The van der Waals surface area contributed by atoms with Crippen molar-refractivity contribution >= 4 is 22.2 Å². The third-order valence-electron chi connectivity index (χ3n) is 5.42. The third-order valence-corrected chi connectivity index (χ3v) is 6.57. The Bertz CT molecular complexity index is 1260. The van der Waals surface area contributed by atoms with Crippen LogP contribution in [-0.4, -0.2) is 44.1 Å². The van der Waals surface area contributed by atoms with Crippen LogP contribution in [0.4, 0.5) is 11.4 Å². The molecular formula is C26H28N2O7S. The molecule has 0 aromatic heterocycles. The summed E-state index contributed by atoms with van der Waals surface area (Å²) < 4.78 is 34.8. The predicted octanol–water partition coefficient (Wildman–Crippen LogP) is 4.96. The molecule has 9 nitrogen and oxygen atoms in total. The van der Waals surface area contributed by atoms with Crippen molar-refractivity contribution in [2.75, 3.05) is 39.9 Å². The molecule has 36 heavy (non-hydrogen) atoms. The van der Waals surface area contributed by atoms with Gasteiger partial charge in [0, 0.05) is 24.2 Å². The molecule has 0 bridgehead atoms. The second-order valence-corrected chi connectivity index (χ2v) is 8.76. The number of ether oxygens (including phenoxy) is 4. The van der Waals surface area contributed by atoms with Gasteiger partial charge in [-0.3, -0.25) is 10.1 Å². The third kappa shape index (κ3) is 6.14. The summed E-state index contributed by atoms with van der Waals surface area (Å²) in [5.41, 5.74) is 1.48. The minimum Gasteiger partial charge on any atom is -0.493 e.